The maximum Gasteiger partial charge on any atom is 0.355 e. The van der Waals surface area contributed by atoms with Crippen molar-refractivity contribution in [2.75, 3.05) is 0 Å². The van der Waals surface area contributed by atoms with E-state index >= 15 is 0 Å². The van der Waals surface area contributed by atoms with E-state index in [1.165, 1.54) is 17.5 Å². The molecule has 1 aromatic heterocycles. The molecule has 20 heavy (non-hydrogen) atoms. The van der Waals surface area contributed by atoms with Crippen LogP contribution in [-0.2, 0) is 6.54 Å². The molecular formula is C12H9BrN2O4S. The number of benzene rings is 1. The number of phenolic OH excluding ortho intramolecular Hbond substituents is 1. The summed E-state index contributed by atoms with van der Waals surface area (Å²) >= 11 is 4.36. The Bertz CT molecular complexity index is 671. The van der Waals surface area contributed by atoms with Crippen molar-refractivity contribution in [1.82, 2.24) is 10.3 Å². The summed E-state index contributed by atoms with van der Waals surface area (Å²) in [4.78, 5) is 26.4. The van der Waals surface area contributed by atoms with E-state index in [0.29, 0.717) is 9.48 Å². The summed E-state index contributed by atoms with van der Waals surface area (Å²) in [5, 5.41) is 22.8. The molecule has 2 aromatic rings. The normalized spacial score (nSPS) is 10.2. The van der Waals surface area contributed by atoms with Gasteiger partial charge in [-0.05, 0) is 18.2 Å². The number of rotatable bonds is 4. The van der Waals surface area contributed by atoms with Crippen LogP contribution < -0.4 is 5.32 Å². The van der Waals surface area contributed by atoms with E-state index < -0.39 is 11.9 Å². The van der Waals surface area contributed by atoms with E-state index in [4.69, 9.17) is 5.11 Å². The standard InChI is InChI=1S/C12H9BrN2O4S/c13-6-1-2-9(16)7(3-6)11(17)14-4-10-15-8(5-20-10)12(18)19/h1-3,5,16H,4H2,(H,14,17)(H,18,19). The summed E-state index contributed by atoms with van der Waals surface area (Å²) in [6, 6.07) is 4.52. The van der Waals surface area contributed by atoms with Gasteiger partial charge in [-0.3, -0.25) is 4.79 Å². The fraction of sp³-hybridized carbons (Fsp3) is 0.0833. The van der Waals surface area contributed by atoms with Crippen molar-refractivity contribution in [2.45, 2.75) is 6.54 Å². The van der Waals surface area contributed by atoms with Crippen molar-refractivity contribution < 1.29 is 19.8 Å². The highest BCUT2D eigenvalue weighted by Crippen LogP contribution is 2.21. The maximum absolute atomic E-state index is 11.9. The first kappa shape index (κ1) is 14.5. The number of hydrogen-bond donors (Lipinski definition) is 3. The van der Waals surface area contributed by atoms with Crippen LogP contribution in [0.3, 0.4) is 0 Å². The summed E-state index contributed by atoms with van der Waals surface area (Å²) in [6.07, 6.45) is 0. The van der Waals surface area contributed by atoms with Gasteiger partial charge in [0.1, 0.15) is 10.8 Å². The summed E-state index contributed by atoms with van der Waals surface area (Å²) in [6.45, 7) is 0.0999. The minimum Gasteiger partial charge on any atom is -0.507 e. The van der Waals surface area contributed by atoms with E-state index in [0.717, 1.165) is 11.3 Å². The highest BCUT2D eigenvalue weighted by molar-refractivity contribution is 9.10. The fourth-order valence-electron chi connectivity index (χ4n) is 1.43. The minimum atomic E-state index is -1.11. The van der Waals surface area contributed by atoms with Crippen LogP contribution in [-0.4, -0.2) is 27.1 Å². The topological polar surface area (TPSA) is 99.5 Å². The molecule has 0 aliphatic rings. The minimum absolute atomic E-state index is 0.0513. The zero-order valence-electron chi connectivity index (χ0n) is 9.96. The lowest BCUT2D eigenvalue weighted by Crippen LogP contribution is -2.22. The Morgan fingerprint density at radius 3 is 2.80 bits per heavy atom. The van der Waals surface area contributed by atoms with Crippen LogP contribution in [0, 0.1) is 0 Å². The number of aromatic hydroxyl groups is 1. The van der Waals surface area contributed by atoms with Gasteiger partial charge in [0.15, 0.2) is 5.69 Å². The number of phenols is 1. The summed E-state index contributed by atoms with van der Waals surface area (Å²) < 4.78 is 0.669. The van der Waals surface area contributed by atoms with Crippen LogP contribution in [0.5, 0.6) is 5.75 Å². The predicted molar refractivity (Wildman–Crippen MR) is 76.1 cm³/mol. The number of amides is 1. The number of carboxylic acids is 1. The number of nitrogens with one attached hydrogen (secondary N) is 1. The highest BCUT2D eigenvalue weighted by atomic mass is 79.9. The van der Waals surface area contributed by atoms with Gasteiger partial charge in [0.2, 0.25) is 0 Å². The van der Waals surface area contributed by atoms with Crippen LogP contribution >= 0.6 is 27.3 Å². The lowest BCUT2D eigenvalue weighted by Gasteiger charge is -2.05. The van der Waals surface area contributed by atoms with Crippen molar-refractivity contribution in [3.05, 3.63) is 44.3 Å². The second kappa shape index (κ2) is 6.02. The molecule has 0 saturated heterocycles. The van der Waals surface area contributed by atoms with Crippen LogP contribution in [0.15, 0.2) is 28.1 Å². The molecule has 1 heterocycles. The second-order valence-electron chi connectivity index (χ2n) is 3.78. The molecule has 0 bridgehead atoms. The van der Waals surface area contributed by atoms with Gasteiger partial charge >= 0.3 is 5.97 Å². The van der Waals surface area contributed by atoms with Crippen LogP contribution in [0.2, 0.25) is 0 Å². The van der Waals surface area contributed by atoms with Gasteiger partial charge in [-0.1, -0.05) is 15.9 Å². The molecule has 0 unspecified atom stereocenters. The van der Waals surface area contributed by atoms with Gasteiger partial charge < -0.3 is 15.5 Å². The highest BCUT2D eigenvalue weighted by Gasteiger charge is 2.13. The molecule has 0 aliphatic heterocycles. The number of aromatic nitrogens is 1. The number of carboxylic acid groups (broad SMARTS) is 1. The third kappa shape index (κ3) is 3.34. The first-order valence-electron chi connectivity index (χ1n) is 5.42. The molecule has 2 rings (SSSR count). The summed E-state index contributed by atoms with van der Waals surface area (Å²) in [5.41, 5.74) is 0.0824. The van der Waals surface area contributed by atoms with Gasteiger partial charge in [-0.15, -0.1) is 11.3 Å². The molecular weight excluding hydrogens is 348 g/mol. The third-order valence-electron chi connectivity index (χ3n) is 2.37. The Kier molecular flexibility index (Phi) is 4.35. The van der Waals surface area contributed by atoms with Crippen molar-refractivity contribution >= 4 is 39.1 Å². The van der Waals surface area contributed by atoms with Crippen molar-refractivity contribution in [3.8, 4) is 5.75 Å². The van der Waals surface area contributed by atoms with Crippen molar-refractivity contribution in [2.24, 2.45) is 0 Å². The van der Waals surface area contributed by atoms with Crippen LogP contribution in [0.25, 0.3) is 0 Å². The van der Waals surface area contributed by atoms with E-state index in [2.05, 4.69) is 26.2 Å². The zero-order valence-corrected chi connectivity index (χ0v) is 12.4. The lowest BCUT2D eigenvalue weighted by atomic mass is 10.2. The van der Waals surface area contributed by atoms with Crippen molar-refractivity contribution in [3.63, 3.8) is 0 Å². The molecule has 1 aromatic carbocycles. The summed E-state index contributed by atoms with van der Waals surface area (Å²) in [7, 11) is 0. The predicted octanol–water partition coefficient (Wildman–Crippen LogP) is 2.24. The molecule has 0 fully saturated rings. The lowest BCUT2D eigenvalue weighted by molar-refractivity contribution is 0.0691. The Hall–Kier alpha value is -1.93. The number of hydrogen-bond acceptors (Lipinski definition) is 5. The van der Waals surface area contributed by atoms with Crippen LogP contribution in [0.4, 0.5) is 0 Å². The number of carbonyl (C=O) groups is 2. The maximum atomic E-state index is 11.9. The fourth-order valence-corrected chi connectivity index (χ4v) is 2.50. The average molecular weight is 357 g/mol. The molecule has 1 amide bonds. The Labute approximate surface area is 126 Å². The SMILES string of the molecule is O=C(O)c1csc(CNC(=O)c2cc(Br)ccc2O)n1. The quantitative estimate of drug-likeness (QED) is 0.779. The average Bonchev–Trinajstić information content (AvgIpc) is 2.88. The van der Waals surface area contributed by atoms with E-state index in [-0.39, 0.29) is 23.6 Å². The zero-order chi connectivity index (χ0) is 14.7. The number of aromatic carboxylic acids is 1. The first-order valence-corrected chi connectivity index (χ1v) is 7.09. The smallest absolute Gasteiger partial charge is 0.355 e. The number of halogens is 1. The molecule has 0 aliphatic carbocycles. The molecule has 8 heteroatoms. The van der Waals surface area contributed by atoms with Crippen molar-refractivity contribution in [1.29, 1.82) is 0 Å². The Morgan fingerprint density at radius 2 is 2.15 bits per heavy atom. The molecule has 0 radical (unpaired) electrons. The second-order valence-corrected chi connectivity index (χ2v) is 5.63. The monoisotopic (exact) mass is 356 g/mol. The van der Waals surface area contributed by atoms with E-state index in [1.807, 2.05) is 0 Å². The molecule has 0 atom stereocenters. The Balaban J connectivity index is 2.04. The molecule has 104 valence electrons. The first-order chi connectivity index (χ1) is 9.47. The number of nitrogens with zero attached hydrogens (tertiary/aromatic N) is 1. The van der Waals surface area contributed by atoms with Gasteiger partial charge in [0.05, 0.1) is 12.1 Å². The number of carbonyl (C=O) groups excluding carboxylic acids is 1. The van der Waals surface area contributed by atoms with Crippen LogP contribution in [0.1, 0.15) is 25.9 Å². The molecule has 6 nitrogen and oxygen atoms in total. The third-order valence-corrected chi connectivity index (χ3v) is 3.72. The molecule has 0 spiro atoms. The molecule has 3 N–H and O–H groups in total. The van der Waals surface area contributed by atoms with E-state index in [9.17, 15) is 14.7 Å². The van der Waals surface area contributed by atoms with Gasteiger partial charge in [-0.2, -0.15) is 0 Å². The van der Waals surface area contributed by atoms with Gasteiger partial charge in [0.25, 0.3) is 5.91 Å². The summed E-state index contributed by atoms with van der Waals surface area (Å²) in [5.74, 6) is -1.70. The largest absolute Gasteiger partial charge is 0.507 e. The molecule has 0 saturated carbocycles. The Morgan fingerprint density at radius 1 is 1.40 bits per heavy atom. The van der Waals surface area contributed by atoms with Gasteiger partial charge in [-0.25, -0.2) is 9.78 Å². The van der Waals surface area contributed by atoms with E-state index in [1.54, 1.807) is 6.07 Å². The number of thiazole rings is 1. The van der Waals surface area contributed by atoms with Gasteiger partial charge in [0, 0.05) is 9.85 Å².